The summed E-state index contributed by atoms with van der Waals surface area (Å²) in [6.45, 7) is 2.23. The predicted octanol–water partition coefficient (Wildman–Crippen LogP) is 3.35. The van der Waals surface area contributed by atoms with Gasteiger partial charge in [-0.05, 0) is 43.5 Å². The van der Waals surface area contributed by atoms with Crippen LogP contribution in [0.5, 0.6) is 0 Å². The number of anilines is 1. The molecule has 2 aromatic heterocycles. The van der Waals surface area contributed by atoms with Crippen LogP contribution in [0.4, 0.5) is 5.69 Å². The van der Waals surface area contributed by atoms with Crippen LogP contribution in [0, 0.1) is 0 Å². The van der Waals surface area contributed by atoms with Gasteiger partial charge < -0.3 is 10.2 Å². The van der Waals surface area contributed by atoms with E-state index in [1.54, 1.807) is 11.8 Å². The standard InChI is InChI=1S/C18H22N4S/c1-2-10-19-17(6-1)23-18-8-7-16(12-20-18)22-11-9-14-4-3-5-15(13-22)21-14/h1-2,6-8,10,12,14-15,21H,3-5,9,11,13H2. The highest BCUT2D eigenvalue weighted by Crippen LogP contribution is 2.27. The lowest BCUT2D eigenvalue weighted by Crippen LogP contribution is -2.44. The molecule has 2 saturated heterocycles. The quantitative estimate of drug-likeness (QED) is 0.937. The lowest BCUT2D eigenvalue weighted by molar-refractivity contribution is 0.336. The summed E-state index contributed by atoms with van der Waals surface area (Å²) in [5, 5.41) is 5.77. The van der Waals surface area contributed by atoms with E-state index in [4.69, 9.17) is 0 Å². The number of hydrogen-bond acceptors (Lipinski definition) is 5. The number of fused-ring (bicyclic) bond motifs is 2. The van der Waals surface area contributed by atoms with Crippen molar-refractivity contribution in [2.45, 2.75) is 47.8 Å². The molecule has 5 heteroatoms. The van der Waals surface area contributed by atoms with E-state index in [-0.39, 0.29) is 0 Å². The first-order chi connectivity index (χ1) is 11.4. The molecule has 0 amide bonds. The first-order valence-electron chi connectivity index (χ1n) is 8.43. The molecule has 0 saturated carbocycles. The predicted molar refractivity (Wildman–Crippen MR) is 94.0 cm³/mol. The van der Waals surface area contributed by atoms with E-state index < -0.39 is 0 Å². The zero-order valence-corrected chi connectivity index (χ0v) is 14.0. The highest BCUT2D eigenvalue weighted by atomic mass is 32.2. The second-order valence-corrected chi connectivity index (χ2v) is 7.39. The van der Waals surface area contributed by atoms with Gasteiger partial charge in [0.1, 0.15) is 10.1 Å². The Bertz CT molecular complexity index is 631. The minimum absolute atomic E-state index is 0.638. The molecular formula is C18H22N4S. The number of nitrogens with zero attached hydrogens (tertiary/aromatic N) is 3. The van der Waals surface area contributed by atoms with Gasteiger partial charge in [-0.1, -0.05) is 24.2 Å². The van der Waals surface area contributed by atoms with Crippen molar-refractivity contribution in [1.29, 1.82) is 0 Å². The normalized spacial score (nSPS) is 24.3. The van der Waals surface area contributed by atoms with Crippen molar-refractivity contribution in [2.75, 3.05) is 18.0 Å². The average Bonchev–Trinajstić information content (AvgIpc) is 2.74. The van der Waals surface area contributed by atoms with E-state index in [2.05, 4.69) is 32.3 Å². The molecule has 0 aliphatic carbocycles. The van der Waals surface area contributed by atoms with Gasteiger partial charge in [0.2, 0.25) is 0 Å². The van der Waals surface area contributed by atoms with E-state index in [1.807, 2.05) is 30.6 Å². The van der Waals surface area contributed by atoms with Crippen molar-refractivity contribution < 1.29 is 0 Å². The Balaban J connectivity index is 1.45. The van der Waals surface area contributed by atoms with Crippen molar-refractivity contribution in [1.82, 2.24) is 15.3 Å². The monoisotopic (exact) mass is 326 g/mol. The third-order valence-corrected chi connectivity index (χ3v) is 5.60. The van der Waals surface area contributed by atoms with Crippen molar-refractivity contribution in [3.8, 4) is 0 Å². The highest BCUT2D eigenvalue weighted by Gasteiger charge is 2.27. The molecule has 0 spiro atoms. The summed E-state index contributed by atoms with van der Waals surface area (Å²) in [4.78, 5) is 11.5. The Kier molecular flexibility index (Phi) is 4.48. The van der Waals surface area contributed by atoms with Crippen LogP contribution >= 0.6 is 11.8 Å². The lowest BCUT2D eigenvalue weighted by atomic mass is 9.98. The van der Waals surface area contributed by atoms with Gasteiger partial charge in [0.15, 0.2) is 0 Å². The minimum atomic E-state index is 0.638. The van der Waals surface area contributed by atoms with Gasteiger partial charge in [0.25, 0.3) is 0 Å². The second kappa shape index (κ2) is 6.89. The van der Waals surface area contributed by atoms with Crippen LogP contribution in [-0.2, 0) is 0 Å². The third kappa shape index (κ3) is 3.67. The van der Waals surface area contributed by atoms with E-state index >= 15 is 0 Å². The SMILES string of the molecule is c1ccc(Sc2ccc(N3CCC4CCCC(C3)N4)cn2)nc1. The smallest absolute Gasteiger partial charge is 0.102 e. The second-order valence-electron chi connectivity index (χ2n) is 6.35. The van der Waals surface area contributed by atoms with Crippen LogP contribution in [-0.4, -0.2) is 35.1 Å². The number of hydrogen-bond donors (Lipinski definition) is 1. The number of rotatable bonds is 3. The molecule has 23 heavy (non-hydrogen) atoms. The van der Waals surface area contributed by atoms with E-state index in [0.717, 1.165) is 23.1 Å². The van der Waals surface area contributed by atoms with E-state index in [0.29, 0.717) is 12.1 Å². The van der Waals surface area contributed by atoms with Gasteiger partial charge in [0, 0.05) is 31.4 Å². The molecule has 2 aliphatic rings. The minimum Gasteiger partial charge on any atom is -0.369 e. The van der Waals surface area contributed by atoms with Gasteiger partial charge in [-0.3, -0.25) is 0 Å². The Morgan fingerprint density at radius 1 is 1.00 bits per heavy atom. The molecule has 1 N–H and O–H groups in total. The molecule has 120 valence electrons. The fourth-order valence-electron chi connectivity index (χ4n) is 3.52. The topological polar surface area (TPSA) is 41.0 Å². The Morgan fingerprint density at radius 2 is 1.91 bits per heavy atom. The lowest BCUT2D eigenvalue weighted by Gasteiger charge is -2.29. The van der Waals surface area contributed by atoms with Crippen LogP contribution in [0.25, 0.3) is 0 Å². The summed E-state index contributed by atoms with van der Waals surface area (Å²) in [5.74, 6) is 0. The molecular weight excluding hydrogens is 304 g/mol. The van der Waals surface area contributed by atoms with Crippen LogP contribution in [0.1, 0.15) is 25.7 Å². The van der Waals surface area contributed by atoms with Crippen molar-refractivity contribution in [3.63, 3.8) is 0 Å². The molecule has 2 fully saturated rings. The van der Waals surface area contributed by atoms with Crippen molar-refractivity contribution in [2.24, 2.45) is 0 Å². The molecule has 2 aliphatic heterocycles. The third-order valence-electron chi connectivity index (χ3n) is 4.70. The number of piperidine rings is 1. The molecule has 2 bridgehead atoms. The summed E-state index contributed by atoms with van der Waals surface area (Å²) >= 11 is 1.61. The fraction of sp³-hybridized carbons (Fsp3) is 0.444. The van der Waals surface area contributed by atoms with Gasteiger partial charge in [-0.2, -0.15) is 0 Å². The fourth-order valence-corrected chi connectivity index (χ4v) is 4.24. The number of pyridine rings is 2. The molecule has 0 radical (unpaired) electrons. The summed E-state index contributed by atoms with van der Waals surface area (Å²) in [6.07, 6.45) is 9.07. The van der Waals surface area contributed by atoms with Crippen molar-refractivity contribution in [3.05, 3.63) is 42.7 Å². The molecule has 2 aromatic rings. The number of aromatic nitrogens is 2. The summed E-state index contributed by atoms with van der Waals surface area (Å²) < 4.78 is 0. The summed E-state index contributed by atoms with van der Waals surface area (Å²) in [7, 11) is 0. The van der Waals surface area contributed by atoms with E-state index in [1.165, 1.54) is 31.4 Å². The van der Waals surface area contributed by atoms with Gasteiger partial charge in [-0.15, -0.1) is 0 Å². The Morgan fingerprint density at radius 3 is 2.74 bits per heavy atom. The first-order valence-corrected chi connectivity index (χ1v) is 9.24. The van der Waals surface area contributed by atoms with Gasteiger partial charge >= 0.3 is 0 Å². The average molecular weight is 326 g/mol. The highest BCUT2D eigenvalue weighted by molar-refractivity contribution is 7.99. The summed E-state index contributed by atoms with van der Waals surface area (Å²) in [5.41, 5.74) is 1.24. The zero-order chi connectivity index (χ0) is 15.5. The maximum Gasteiger partial charge on any atom is 0.102 e. The van der Waals surface area contributed by atoms with Crippen LogP contribution in [0.15, 0.2) is 52.8 Å². The molecule has 4 rings (SSSR count). The molecule has 2 unspecified atom stereocenters. The van der Waals surface area contributed by atoms with Crippen LogP contribution in [0.2, 0.25) is 0 Å². The molecule has 0 aromatic carbocycles. The Hall–Kier alpha value is -1.59. The Labute approximate surface area is 141 Å². The van der Waals surface area contributed by atoms with E-state index in [9.17, 15) is 0 Å². The maximum atomic E-state index is 4.63. The first kappa shape index (κ1) is 15.0. The maximum absolute atomic E-state index is 4.63. The van der Waals surface area contributed by atoms with Crippen LogP contribution < -0.4 is 10.2 Å². The van der Waals surface area contributed by atoms with Gasteiger partial charge in [0.05, 0.1) is 11.9 Å². The summed E-state index contributed by atoms with van der Waals surface area (Å²) in [6, 6.07) is 11.6. The molecule has 2 atom stereocenters. The molecule has 4 nitrogen and oxygen atoms in total. The van der Waals surface area contributed by atoms with Crippen molar-refractivity contribution >= 4 is 17.4 Å². The largest absolute Gasteiger partial charge is 0.369 e. The zero-order valence-electron chi connectivity index (χ0n) is 13.2. The van der Waals surface area contributed by atoms with Gasteiger partial charge in [-0.25, -0.2) is 9.97 Å². The van der Waals surface area contributed by atoms with Crippen LogP contribution in [0.3, 0.4) is 0 Å². The number of nitrogens with one attached hydrogen (secondary N) is 1. The molecule has 4 heterocycles.